The highest BCUT2D eigenvalue weighted by atomic mass is 31.2. The smallest absolute Gasteiger partial charge is 0.172 e. The number of para-hydroxylation sites is 2. The molecule has 0 N–H and O–H groups in total. The van der Waals surface area contributed by atoms with E-state index in [1.165, 1.54) is 88.3 Å². The third-order valence-electron chi connectivity index (χ3n) is 23.6. The second-order valence-corrected chi connectivity index (χ2v) is 35.1. The number of benzene rings is 16. The van der Waals surface area contributed by atoms with Gasteiger partial charge in [-0.1, -0.05) is 295 Å². The van der Waals surface area contributed by atoms with Gasteiger partial charge in [-0.15, -0.1) is 0 Å². The van der Waals surface area contributed by atoms with Crippen LogP contribution in [0.5, 0.6) is 0 Å². The highest BCUT2D eigenvalue weighted by Crippen LogP contribution is 2.57. The summed E-state index contributed by atoms with van der Waals surface area (Å²) >= 11 is 0. The average molecular weight is 1370 g/mol. The van der Waals surface area contributed by atoms with Crippen LogP contribution in [0.25, 0.3) is 143 Å². The molecule has 4 nitrogen and oxygen atoms in total. The summed E-state index contributed by atoms with van der Waals surface area (Å²) in [5, 5.41) is 14.9. The molecule has 18 aromatic rings. The Balaban J connectivity index is 0.000000134. The summed E-state index contributed by atoms with van der Waals surface area (Å²) in [6, 6.07) is 122. The monoisotopic (exact) mass is 1370 g/mol. The van der Waals surface area contributed by atoms with E-state index in [0.29, 0.717) is 0 Å². The fourth-order valence-electron chi connectivity index (χ4n) is 18.6. The molecule has 4 heterocycles. The molecule has 4 aliphatic rings. The summed E-state index contributed by atoms with van der Waals surface area (Å²) in [5.74, 6) is 0. The van der Waals surface area contributed by atoms with Crippen LogP contribution < -0.4 is 31.8 Å². The van der Waals surface area contributed by atoms with E-state index in [2.05, 4.69) is 304 Å². The van der Waals surface area contributed by atoms with Gasteiger partial charge in [0, 0.05) is 75.3 Å². The van der Waals surface area contributed by atoms with Crippen molar-refractivity contribution in [1.29, 1.82) is 0 Å². The normalized spacial score (nSPS) is 16.6. The Bertz CT molecular complexity index is 6870. The Morgan fingerprint density at radius 3 is 1.22 bits per heavy atom. The molecular weight excluding hydrogens is 1300 g/mol. The Morgan fingerprint density at radius 2 is 0.644 bits per heavy atom. The lowest BCUT2D eigenvalue weighted by atomic mass is 9.81. The highest BCUT2D eigenvalue weighted by Gasteiger charge is 2.43. The molecule has 492 valence electrons. The van der Waals surface area contributed by atoms with E-state index < -0.39 is 14.3 Å². The van der Waals surface area contributed by atoms with E-state index in [1.807, 2.05) is 72.8 Å². The summed E-state index contributed by atoms with van der Waals surface area (Å²) < 4.78 is 35.6. The molecule has 0 fully saturated rings. The molecule has 22 rings (SSSR count). The van der Waals surface area contributed by atoms with Crippen LogP contribution in [0.15, 0.2) is 340 Å². The Hall–Kier alpha value is -11.9. The number of aromatic nitrogens is 2. The number of hydrogen-bond acceptors (Lipinski definition) is 2. The van der Waals surface area contributed by atoms with Crippen molar-refractivity contribution in [3.05, 3.63) is 362 Å². The molecule has 16 aromatic carbocycles. The van der Waals surface area contributed by atoms with Crippen LogP contribution in [0.3, 0.4) is 0 Å². The Labute approximate surface area is 604 Å². The van der Waals surface area contributed by atoms with Crippen LogP contribution >= 0.6 is 14.3 Å². The van der Waals surface area contributed by atoms with Crippen molar-refractivity contribution in [3.63, 3.8) is 0 Å². The molecule has 2 aliphatic carbocycles. The first-order valence-corrected chi connectivity index (χ1v) is 39.5. The van der Waals surface area contributed by atoms with E-state index in [1.54, 1.807) is 0 Å². The maximum absolute atomic E-state index is 15.4. The van der Waals surface area contributed by atoms with Gasteiger partial charge in [0.05, 0.1) is 27.8 Å². The summed E-state index contributed by atoms with van der Waals surface area (Å²) in [6.45, 7) is 9.37. The fraction of sp³-hybridized carbons (Fsp3) is 0.0612. The highest BCUT2D eigenvalue weighted by molar-refractivity contribution is 7.87. The Morgan fingerprint density at radius 1 is 0.240 bits per heavy atom. The summed E-state index contributed by atoms with van der Waals surface area (Å²) in [4.78, 5) is 0. The second kappa shape index (κ2) is 22.3. The predicted octanol–water partition coefficient (Wildman–Crippen LogP) is 23.1. The second-order valence-electron chi connectivity index (χ2n) is 29.7. The van der Waals surface area contributed by atoms with Gasteiger partial charge < -0.3 is 18.3 Å². The SMILES string of the molecule is CC1(C)c2ccccc2-c2ccc(-c3ccc(-n4c5ccccc5c5cc6c(cc54)-c4ccccc4P6(=O)c4ccccc4)c4ccccc34)cc21.CC1(C)c2ccccc2-c2ccc(-c3ccc4cc(-n5c6ccccc6c6cc7c(cc65)-c5ccccc5P7(=O)c5ccccc5)ccc4c3)cc21. The molecular formula is C98H68N2O2P2. The van der Waals surface area contributed by atoms with E-state index in [-0.39, 0.29) is 10.8 Å². The van der Waals surface area contributed by atoms with Crippen molar-refractivity contribution in [2.45, 2.75) is 38.5 Å². The quantitative estimate of drug-likeness (QED) is 0.156. The van der Waals surface area contributed by atoms with Crippen molar-refractivity contribution in [3.8, 4) is 78.1 Å². The van der Waals surface area contributed by atoms with Gasteiger partial charge in [0.1, 0.15) is 0 Å². The minimum absolute atomic E-state index is 0.0311. The molecule has 0 radical (unpaired) electrons. The average Bonchev–Trinajstić information content (AvgIpc) is 1.55. The van der Waals surface area contributed by atoms with Gasteiger partial charge >= 0.3 is 0 Å². The van der Waals surface area contributed by atoms with Crippen LogP contribution in [0.2, 0.25) is 0 Å². The lowest BCUT2D eigenvalue weighted by molar-refractivity contribution is 0.592. The van der Waals surface area contributed by atoms with E-state index >= 15 is 9.13 Å². The van der Waals surface area contributed by atoms with Crippen molar-refractivity contribution in [1.82, 2.24) is 9.13 Å². The molecule has 2 unspecified atom stereocenters. The number of nitrogens with zero attached hydrogens (tertiary/aromatic N) is 2. The maximum atomic E-state index is 15.4. The maximum Gasteiger partial charge on any atom is 0.172 e. The van der Waals surface area contributed by atoms with Crippen molar-refractivity contribution in [2.24, 2.45) is 0 Å². The number of rotatable bonds is 6. The topological polar surface area (TPSA) is 44.0 Å². The first kappa shape index (κ1) is 60.8. The lowest BCUT2D eigenvalue weighted by Gasteiger charge is -2.22. The van der Waals surface area contributed by atoms with Gasteiger partial charge in [0.2, 0.25) is 0 Å². The Kier molecular flexibility index (Phi) is 13.0. The third kappa shape index (κ3) is 8.50. The molecule has 0 saturated heterocycles. The molecule has 2 aromatic heterocycles. The van der Waals surface area contributed by atoms with Gasteiger partial charge in [-0.05, 0) is 178 Å². The minimum atomic E-state index is -3.07. The zero-order valence-electron chi connectivity index (χ0n) is 57.9. The largest absolute Gasteiger partial charge is 0.309 e. The molecule has 104 heavy (non-hydrogen) atoms. The molecule has 6 heteroatoms. The van der Waals surface area contributed by atoms with Gasteiger partial charge in [0.25, 0.3) is 0 Å². The van der Waals surface area contributed by atoms with E-state index in [0.717, 1.165) is 109 Å². The predicted molar refractivity (Wildman–Crippen MR) is 439 cm³/mol. The molecule has 0 saturated carbocycles. The van der Waals surface area contributed by atoms with Crippen molar-refractivity contribution < 1.29 is 9.13 Å². The van der Waals surface area contributed by atoms with Crippen LogP contribution in [0.4, 0.5) is 0 Å². The zero-order chi connectivity index (χ0) is 69.5. The van der Waals surface area contributed by atoms with Gasteiger partial charge in [0.15, 0.2) is 14.3 Å². The first-order chi connectivity index (χ1) is 50.8. The first-order valence-electron chi connectivity index (χ1n) is 36.1. The molecule has 0 spiro atoms. The molecule has 2 aliphatic heterocycles. The number of fused-ring (bicyclic) bond motifs is 20. The van der Waals surface area contributed by atoms with Gasteiger partial charge in [-0.2, -0.15) is 0 Å². The minimum Gasteiger partial charge on any atom is -0.309 e. The van der Waals surface area contributed by atoms with Gasteiger partial charge in [-0.3, -0.25) is 0 Å². The fourth-order valence-corrected chi connectivity index (χ4v) is 24.7. The van der Waals surface area contributed by atoms with Crippen LogP contribution in [0.1, 0.15) is 49.9 Å². The van der Waals surface area contributed by atoms with Crippen LogP contribution in [0, 0.1) is 0 Å². The zero-order valence-corrected chi connectivity index (χ0v) is 59.7. The molecule has 2 atom stereocenters. The summed E-state index contributed by atoms with van der Waals surface area (Å²) in [6.07, 6.45) is 0. The van der Waals surface area contributed by atoms with E-state index in [4.69, 9.17) is 0 Å². The standard InChI is InChI=1S/2C49H34NOP/c1-49(2)43-17-9-6-14-37(43)38-25-23-34(28-44(38)49)31-20-21-33-27-35(24-22-32(33)26-31)50-45-18-10-7-15-39(45)41-30-48-42(29-46(41)50)40-16-8-11-19-47(40)52(48,51)36-12-4-3-5-13-36;1-49(2)42-21-11-8-17-35(42)36-25-24-31(28-43(36)49)33-26-27-45(37-18-7-6-16-34(33)37)50-44-22-12-9-19-38(44)40-30-48-41(29-46(40)50)39-20-10-13-23-47(39)52(48,51)32-14-4-3-5-15-32/h2*3-30H,1-2H3. The summed E-state index contributed by atoms with van der Waals surface area (Å²) in [5.41, 5.74) is 26.8. The van der Waals surface area contributed by atoms with Crippen molar-refractivity contribution in [2.75, 3.05) is 0 Å². The van der Waals surface area contributed by atoms with Crippen LogP contribution in [-0.4, -0.2) is 9.13 Å². The van der Waals surface area contributed by atoms with Gasteiger partial charge in [-0.25, -0.2) is 0 Å². The third-order valence-corrected chi connectivity index (χ3v) is 29.9. The summed E-state index contributed by atoms with van der Waals surface area (Å²) in [7, 11) is -6.12. The van der Waals surface area contributed by atoms with Crippen molar-refractivity contribution >= 4 is 111 Å². The molecule has 0 bridgehead atoms. The van der Waals surface area contributed by atoms with E-state index in [9.17, 15) is 0 Å². The van der Waals surface area contributed by atoms with Crippen LogP contribution in [-0.2, 0) is 20.0 Å². The number of hydrogen-bond donors (Lipinski definition) is 0. The lowest BCUT2D eigenvalue weighted by Crippen LogP contribution is -2.20. The molecule has 0 amide bonds.